The van der Waals surface area contributed by atoms with E-state index in [1.807, 2.05) is 0 Å². The molecule has 0 fully saturated rings. The number of hydrogen-bond donors (Lipinski definition) is 0. The smallest absolute Gasteiger partial charge is 0.0690 e. The molecule has 0 N–H and O–H groups in total. The molecule has 0 aliphatic heterocycles. The zero-order chi connectivity index (χ0) is 8.04. The lowest BCUT2D eigenvalue weighted by atomic mass is 10.2. The van der Waals surface area contributed by atoms with E-state index in [0.717, 1.165) is 6.42 Å². The third-order valence-electron chi connectivity index (χ3n) is 1.21. The van der Waals surface area contributed by atoms with Gasteiger partial charge in [-0.1, -0.05) is 44.8 Å². The molecule has 0 aliphatic rings. The fraction of sp³-hybridized carbons (Fsp3) is 0.778. The van der Waals surface area contributed by atoms with Gasteiger partial charge < -0.3 is 0 Å². The van der Waals surface area contributed by atoms with Crippen molar-refractivity contribution in [3.05, 3.63) is 11.8 Å². The minimum atomic E-state index is -0.943. The first-order valence-corrected chi connectivity index (χ1v) is 7.72. The van der Waals surface area contributed by atoms with Crippen LogP contribution in [0.5, 0.6) is 0 Å². The Morgan fingerprint density at radius 1 is 1.30 bits per heavy atom. The van der Waals surface area contributed by atoms with Crippen LogP contribution in [0.4, 0.5) is 0 Å². The third kappa shape index (κ3) is 7.96. The van der Waals surface area contributed by atoms with Crippen LogP contribution in [0, 0.1) is 6.08 Å². The zero-order valence-corrected chi connectivity index (χ0v) is 8.70. The molecule has 0 rings (SSSR count). The van der Waals surface area contributed by atoms with Gasteiger partial charge >= 0.3 is 0 Å². The SMILES string of the molecule is CCCC[C]=C[Si](C)(C)C. The molecule has 59 valence electrons. The Morgan fingerprint density at radius 3 is 2.30 bits per heavy atom. The van der Waals surface area contributed by atoms with Gasteiger partial charge in [-0.05, 0) is 12.8 Å². The van der Waals surface area contributed by atoms with Gasteiger partial charge in [0, 0.05) is 0 Å². The summed E-state index contributed by atoms with van der Waals surface area (Å²) in [5, 5.41) is 0. The van der Waals surface area contributed by atoms with E-state index in [4.69, 9.17) is 0 Å². The van der Waals surface area contributed by atoms with E-state index in [0.29, 0.717) is 0 Å². The second kappa shape index (κ2) is 4.72. The van der Waals surface area contributed by atoms with E-state index in [1.54, 1.807) is 0 Å². The molecule has 0 amide bonds. The van der Waals surface area contributed by atoms with Crippen molar-refractivity contribution >= 4 is 8.07 Å². The van der Waals surface area contributed by atoms with E-state index in [-0.39, 0.29) is 0 Å². The molecule has 0 bridgehead atoms. The van der Waals surface area contributed by atoms with Gasteiger partial charge in [0.05, 0.1) is 8.07 Å². The summed E-state index contributed by atoms with van der Waals surface area (Å²) in [6, 6.07) is 0. The maximum Gasteiger partial charge on any atom is 0.0690 e. The minimum Gasteiger partial charge on any atom is -0.0916 e. The van der Waals surface area contributed by atoms with Gasteiger partial charge in [-0.3, -0.25) is 0 Å². The van der Waals surface area contributed by atoms with Crippen LogP contribution in [0.15, 0.2) is 5.70 Å². The molecule has 0 unspecified atom stereocenters. The molecule has 0 atom stereocenters. The molecular weight excluding hydrogens is 136 g/mol. The van der Waals surface area contributed by atoms with Crippen LogP contribution in [-0.4, -0.2) is 8.07 Å². The summed E-state index contributed by atoms with van der Waals surface area (Å²) < 4.78 is 0. The summed E-state index contributed by atoms with van der Waals surface area (Å²) in [7, 11) is -0.943. The molecule has 1 radical (unpaired) electrons. The van der Waals surface area contributed by atoms with E-state index < -0.39 is 8.07 Å². The molecule has 1 heteroatoms. The largest absolute Gasteiger partial charge is 0.0916 e. The van der Waals surface area contributed by atoms with Crippen molar-refractivity contribution in [3.8, 4) is 0 Å². The van der Waals surface area contributed by atoms with E-state index in [1.165, 1.54) is 12.8 Å². The Hall–Kier alpha value is -0.0431. The van der Waals surface area contributed by atoms with Gasteiger partial charge in [-0.25, -0.2) is 0 Å². The molecule has 0 spiro atoms. The lowest BCUT2D eigenvalue weighted by Crippen LogP contribution is -2.15. The standard InChI is InChI=1S/C9H19Si/c1-5-6-7-8-9-10(2,3)4/h9H,5-7H2,1-4H3. The van der Waals surface area contributed by atoms with Crippen LogP contribution in [0.3, 0.4) is 0 Å². The molecule has 10 heavy (non-hydrogen) atoms. The van der Waals surface area contributed by atoms with Crippen LogP contribution in [-0.2, 0) is 0 Å². The Bertz CT molecular complexity index is 97.8. The predicted molar refractivity (Wildman–Crippen MR) is 50.7 cm³/mol. The van der Waals surface area contributed by atoms with Gasteiger partial charge in [0.2, 0.25) is 0 Å². The van der Waals surface area contributed by atoms with Crippen molar-refractivity contribution in [1.82, 2.24) is 0 Å². The van der Waals surface area contributed by atoms with E-state index in [2.05, 4.69) is 38.3 Å². The van der Waals surface area contributed by atoms with Crippen molar-refractivity contribution < 1.29 is 0 Å². The Kier molecular flexibility index (Phi) is 4.70. The fourth-order valence-electron chi connectivity index (χ4n) is 0.657. The molecule has 0 aromatic carbocycles. The summed E-state index contributed by atoms with van der Waals surface area (Å²) >= 11 is 0. The van der Waals surface area contributed by atoms with Gasteiger partial charge in [-0.15, -0.1) is 0 Å². The first kappa shape index (κ1) is 9.96. The van der Waals surface area contributed by atoms with Crippen molar-refractivity contribution in [1.29, 1.82) is 0 Å². The molecule has 0 saturated carbocycles. The molecular formula is C9H19Si. The van der Waals surface area contributed by atoms with Crippen molar-refractivity contribution in [3.63, 3.8) is 0 Å². The highest BCUT2D eigenvalue weighted by molar-refractivity contribution is 6.80. The Balaban J connectivity index is 3.37. The number of allylic oxidation sites excluding steroid dienone is 1. The quantitative estimate of drug-likeness (QED) is 0.431. The van der Waals surface area contributed by atoms with Crippen LogP contribution in [0.1, 0.15) is 26.2 Å². The maximum absolute atomic E-state index is 3.36. The van der Waals surface area contributed by atoms with E-state index >= 15 is 0 Å². The average Bonchev–Trinajstić information content (AvgIpc) is 1.78. The molecule has 0 heterocycles. The van der Waals surface area contributed by atoms with Gasteiger partial charge in [0.1, 0.15) is 0 Å². The highest BCUT2D eigenvalue weighted by atomic mass is 28.3. The Labute approximate surface area is 66.4 Å². The third-order valence-corrected chi connectivity index (χ3v) is 2.28. The van der Waals surface area contributed by atoms with Crippen LogP contribution < -0.4 is 0 Å². The second-order valence-electron chi connectivity index (χ2n) is 3.82. The maximum atomic E-state index is 3.36. The van der Waals surface area contributed by atoms with Crippen LogP contribution >= 0.6 is 0 Å². The van der Waals surface area contributed by atoms with Crippen molar-refractivity contribution in [2.24, 2.45) is 0 Å². The van der Waals surface area contributed by atoms with Crippen LogP contribution in [0.25, 0.3) is 0 Å². The first-order valence-electron chi connectivity index (χ1n) is 4.14. The monoisotopic (exact) mass is 155 g/mol. The molecule has 0 saturated heterocycles. The highest BCUT2D eigenvalue weighted by Crippen LogP contribution is 2.03. The summed E-state index contributed by atoms with van der Waals surface area (Å²) in [6.45, 7) is 9.24. The molecule has 0 nitrogen and oxygen atoms in total. The van der Waals surface area contributed by atoms with Crippen molar-refractivity contribution in [2.75, 3.05) is 0 Å². The lowest BCUT2D eigenvalue weighted by Gasteiger charge is -2.07. The van der Waals surface area contributed by atoms with Gasteiger partial charge in [0.15, 0.2) is 0 Å². The van der Waals surface area contributed by atoms with Gasteiger partial charge in [-0.2, -0.15) is 0 Å². The summed E-state index contributed by atoms with van der Waals surface area (Å²) in [4.78, 5) is 0. The van der Waals surface area contributed by atoms with Crippen LogP contribution in [0.2, 0.25) is 19.6 Å². The number of rotatable bonds is 4. The molecule has 0 aromatic heterocycles. The second-order valence-corrected chi connectivity index (χ2v) is 8.84. The first-order chi connectivity index (χ1) is 4.56. The zero-order valence-electron chi connectivity index (χ0n) is 7.70. The highest BCUT2D eigenvalue weighted by Gasteiger charge is 2.05. The van der Waals surface area contributed by atoms with Crippen molar-refractivity contribution in [2.45, 2.75) is 45.8 Å². The molecule has 0 aliphatic carbocycles. The number of unbranched alkanes of at least 4 members (excludes halogenated alkanes) is 2. The van der Waals surface area contributed by atoms with Gasteiger partial charge in [0.25, 0.3) is 0 Å². The van der Waals surface area contributed by atoms with E-state index in [9.17, 15) is 0 Å². The topological polar surface area (TPSA) is 0 Å². The molecule has 0 aromatic rings. The summed E-state index contributed by atoms with van der Waals surface area (Å²) in [5.41, 5.74) is 2.31. The number of hydrogen-bond acceptors (Lipinski definition) is 0. The fourth-order valence-corrected chi connectivity index (χ4v) is 1.41. The Morgan fingerprint density at radius 2 is 1.90 bits per heavy atom. The average molecular weight is 155 g/mol. The normalized spacial score (nSPS) is 12.8. The minimum absolute atomic E-state index is 0.943. The summed E-state index contributed by atoms with van der Waals surface area (Å²) in [6.07, 6.45) is 7.09. The predicted octanol–water partition coefficient (Wildman–Crippen LogP) is 3.41. The summed E-state index contributed by atoms with van der Waals surface area (Å²) in [5.74, 6) is 0. The lowest BCUT2D eigenvalue weighted by molar-refractivity contribution is 0.804.